The van der Waals surface area contributed by atoms with Crippen molar-refractivity contribution in [2.45, 2.75) is 12.8 Å². The van der Waals surface area contributed by atoms with Crippen molar-refractivity contribution in [1.82, 2.24) is 0 Å². The van der Waals surface area contributed by atoms with Crippen LogP contribution in [0.2, 0.25) is 15.1 Å². The number of halogens is 3. The predicted molar refractivity (Wildman–Crippen MR) is 95.8 cm³/mol. The highest BCUT2D eigenvalue weighted by molar-refractivity contribution is 6.42. The maximum atomic E-state index is 11.8. The monoisotopic (exact) mass is 385 g/mol. The number of hydrogen-bond donors (Lipinski definition) is 1. The SMILES string of the molecule is O=C(COC(=O)CCc1ccccc1)Nc1c(Cl)cc(Cl)cc1Cl. The largest absolute Gasteiger partial charge is 0.456 e. The molecule has 7 heteroatoms. The fourth-order valence-electron chi connectivity index (χ4n) is 1.95. The highest BCUT2D eigenvalue weighted by atomic mass is 35.5. The molecule has 0 unspecified atom stereocenters. The minimum atomic E-state index is -0.533. The molecule has 24 heavy (non-hydrogen) atoms. The zero-order valence-electron chi connectivity index (χ0n) is 12.5. The van der Waals surface area contributed by atoms with Crippen LogP contribution in [0.5, 0.6) is 0 Å². The normalized spacial score (nSPS) is 10.3. The van der Waals surface area contributed by atoms with E-state index in [-0.39, 0.29) is 22.2 Å². The molecule has 2 rings (SSSR count). The van der Waals surface area contributed by atoms with Gasteiger partial charge in [-0.1, -0.05) is 65.1 Å². The van der Waals surface area contributed by atoms with Gasteiger partial charge in [-0.2, -0.15) is 0 Å². The number of anilines is 1. The Labute approximate surface area is 154 Å². The van der Waals surface area contributed by atoms with E-state index in [2.05, 4.69) is 5.32 Å². The molecular weight excluding hydrogens is 373 g/mol. The lowest BCUT2D eigenvalue weighted by atomic mass is 10.1. The van der Waals surface area contributed by atoms with Crippen LogP contribution in [-0.2, 0) is 20.7 Å². The van der Waals surface area contributed by atoms with E-state index in [1.54, 1.807) is 0 Å². The van der Waals surface area contributed by atoms with E-state index in [4.69, 9.17) is 39.5 Å². The Kier molecular flexibility index (Phi) is 6.91. The molecule has 1 N–H and O–H groups in total. The lowest BCUT2D eigenvalue weighted by Gasteiger charge is -2.10. The number of hydrogen-bond acceptors (Lipinski definition) is 3. The van der Waals surface area contributed by atoms with Gasteiger partial charge in [0.25, 0.3) is 5.91 Å². The van der Waals surface area contributed by atoms with Crippen LogP contribution < -0.4 is 5.32 Å². The van der Waals surface area contributed by atoms with Gasteiger partial charge >= 0.3 is 5.97 Å². The molecule has 0 spiro atoms. The molecule has 0 saturated heterocycles. The molecule has 0 fully saturated rings. The standard InChI is InChI=1S/C17H14Cl3NO3/c18-12-8-13(19)17(14(20)9-12)21-15(22)10-24-16(23)7-6-11-4-2-1-3-5-11/h1-5,8-9H,6-7,10H2,(H,21,22). The molecular formula is C17H14Cl3NO3. The number of rotatable bonds is 6. The van der Waals surface area contributed by atoms with Gasteiger partial charge in [-0.25, -0.2) is 0 Å². The second-order valence-corrected chi connectivity index (χ2v) is 6.19. The van der Waals surface area contributed by atoms with E-state index in [0.29, 0.717) is 11.4 Å². The number of nitrogens with one attached hydrogen (secondary N) is 1. The summed E-state index contributed by atoms with van der Waals surface area (Å²) in [6.45, 7) is -0.414. The van der Waals surface area contributed by atoms with E-state index < -0.39 is 18.5 Å². The first-order valence-corrected chi connectivity index (χ1v) is 8.23. The molecule has 0 aliphatic carbocycles. The van der Waals surface area contributed by atoms with Crippen LogP contribution in [0.1, 0.15) is 12.0 Å². The van der Waals surface area contributed by atoms with Crippen molar-refractivity contribution in [1.29, 1.82) is 0 Å². The summed E-state index contributed by atoms with van der Waals surface area (Å²) >= 11 is 17.7. The van der Waals surface area contributed by atoms with Crippen molar-refractivity contribution in [2.75, 3.05) is 11.9 Å². The van der Waals surface area contributed by atoms with Gasteiger partial charge in [-0.3, -0.25) is 9.59 Å². The maximum Gasteiger partial charge on any atom is 0.306 e. The molecule has 2 aromatic rings. The second-order valence-electron chi connectivity index (χ2n) is 4.94. The zero-order valence-corrected chi connectivity index (χ0v) is 14.8. The molecule has 4 nitrogen and oxygen atoms in total. The number of amides is 1. The van der Waals surface area contributed by atoms with Crippen LogP contribution in [-0.4, -0.2) is 18.5 Å². The van der Waals surface area contributed by atoms with Crippen molar-refractivity contribution < 1.29 is 14.3 Å². The van der Waals surface area contributed by atoms with Crippen LogP contribution >= 0.6 is 34.8 Å². The predicted octanol–water partition coefficient (Wildman–Crippen LogP) is 4.76. The number of esters is 1. The van der Waals surface area contributed by atoms with Crippen molar-refractivity contribution in [3.63, 3.8) is 0 Å². The van der Waals surface area contributed by atoms with Gasteiger partial charge in [0.15, 0.2) is 6.61 Å². The van der Waals surface area contributed by atoms with Gasteiger partial charge in [0.05, 0.1) is 15.7 Å². The Balaban J connectivity index is 1.80. The summed E-state index contributed by atoms with van der Waals surface area (Å²) in [5.41, 5.74) is 1.26. The molecule has 126 valence electrons. The molecule has 0 bridgehead atoms. The fourth-order valence-corrected chi connectivity index (χ4v) is 2.86. The lowest BCUT2D eigenvalue weighted by molar-refractivity contribution is -0.147. The first-order valence-electron chi connectivity index (χ1n) is 7.09. The Morgan fingerprint density at radius 3 is 2.25 bits per heavy atom. The summed E-state index contributed by atoms with van der Waals surface area (Å²) in [7, 11) is 0. The molecule has 0 aromatic heterocycles. The summed E-state index contributed by atoms with van der Waals surface area (Å²) < 4.78 is 4.94. The molecule has 1 amide bonds. The topological polar surface area (TPSA) is 55.4 Å². The molecule has 0 heterocycles. The van der Waals surface area contributed by atoms with Crippen molar-refractivity contribution in [3.05, 3.63) is 63.1 Å². The number of benzene rings is 2. The van der Waals surface area contributed by atoms with Gasteiger partial charge in [-0.15, -0.1) is 0 Å². The van der Waals surface area contributed by atoms with Crippen LogP contribution in [0.3, 0.4) is 0 Å². The lowest BCUT2D eigenvalue weighted by Crippen LogP contribution is -2.21. The van der Waals surface area contributed by atoms with Crippen molar-refractivity contribution >= 4 is 52.4 Å². The fraction of sp³-hybridized carbons (Fsp3) is 0.176. The van der Waals surface area contributed by atoms with Gasteiger partial charge in [0.1, 0.15) is 0 Å². The first-order chi connectivity index (χ1) is 11.5. The zero-order chi connectivity index (χ0) is 17.5. The summed E-state index contributed by atoms with van der Waals surface area (Å²) in [4.78, 5) is 23.5. The van der Waals surface area contributed by atoms with Crippen molar-refractivity contribution in [3.8, 4) is 0 Å². The summed E-state index contributed by atoms with van der Waals surface area (Å²) in [5.74, 6) is -0.989. The number of carbonyl (C=O) groups is 2. The van der Waals surface area contributed by atoms with E-state index in [9.17, 15) is 9.59 Å². The number of ether oxygens (including phenoxy) is 1. The minimum Gasteiger partial charge on any atom is -0.456 e. The van der Waals surface area contributed by atoms with E-state index in [0.717, 1.165) is 5.56 Å². The van der Waals surface area contributed by atoms with Crippen LogP contribution in [0, 0.1) is 0 Å². The van der Waals surface area contributed by atoms with E-state index in [1.165, 1.54) is 12.1 Å². The van der Waals surface area contributed by atoms with Crippen LogP contribution in [0.4, 0.5) is 5.69 Å². The Hall–Kier alpha value is -1.75. The Morgan fingerprint density at radius 1 is 1.00 bits per heavy atom. The highest BCUT2D eigenvalue weighted by Crippen LogP contribution is 2.33. The highest BCUT2D eigenvalue weighted by Gasteiger charge is 2.13. The van der Waals surface area contributed by atoms with Gasteiger partial charge < -0.3 is 10.1 Å². The quantitative estimate of drug-likeness (QED) is 0.728. The summed E-state index contributed by atoms with van der Waals surface area (Å²) in [6, 6.07) is 12.4. The first kappa shape index (κ1) is 18.6. The number of carbonyl (C=O) groups excluding carboxylic acids is 2. The summed E-state index contributed by atoms with van der Waals surface area (Å²) in [6.07, 6.45) is 0.746. The van der Waals surface area contributed by atoms with Gasteiger partial charge in [0.2, 0.25) is 0 Å². The van der Waals surface area contributed by atoms with Gasteiger partial charge in [-0.05, 0) is 24.1 Å². The third-order valence-corrected chi connectivity index (χ3v) is 3.91. The average molecular weight is 387 g/mol. The summed E-state index contributed by atoms with van der Waals surface area (Å²) in [5, 5.41) is 3.26. The third kappa shape index (κ3) is 5.71. The smallest absolute Gasteiger partial charge is 0.306 e. The van der Waals surface area contributed by atoms with E-state index in [1.807, 2.05) is 30.3 Å². The molecule has 0 saturated carbocycles. The average Bonchev–Trinajstić information content (AvgIpc) is 2.55. The minimum absolute atomic E-state index is 0.194. The van der Waals surface area contributed by atoms with Crippen LogP contribution in [0.15, 0.2) is 42.5 Å². The molecule has 0 radical (unpaired) electrons. The van der Waals surface area contributed by atoms with Gasteiger partial charge in [0, 0.05) is 11.4 Å². The molecule has 0 aliphatic rings. The molecule has 0 atom stereocenters. The van der Waals surface area contributed by atoms with Crippen molar-refractivity contribution in [2.24, 2.45) is 0 Å². The molecule has 2 aromatic carbocycles. The number of aryl methyl sites for hydroxylation is 1. The molecule has 0 aliphatic heterocycles. The van der Waals surface area contributed by atoms with Crippen LogP contribution in [0.25, 0.3) is 0 Å². The second kappa shape index (κ2) is 8.92. The maximum absolute atomic E-state index is 11.8. The third-order valence-electron chi connectivity index (χ3n) is 3.10. The van der Waals surface area contributed by atoms with E-state index >= 15 is 0 Å². The Morgan fingerprint density at radius 2 is 1.62 bits per heavy atom. The Bertz CT molecular complexity index is 712.